The zero-order valence-corrected chi connectivity index (χ0v) is 26.9. The van der Waals surface area contributed by atoms with Crippen LogP contribution >= 0.6 is 46.7 Å². The molecule has 0 saturated carbocycles. The third-order valence-electron chi connectivity index (χ3n) is 7.69. The molecule has 2 aromatic carbocycles. The molecular weight excluding hydrogens is 651 g/mol. The van der Waals surface area contributed by atoms with Gasteiger partial charge in [0.15, 0.2) is 0 Å². The number of amides is 2. The van der Waals surface area contributed by atoms with Crippen molar-refractivity contribution in [2.75, 3.05) is 11.5 Å². The molecule has 2 aromatic rings. The first kappa shape index (κ1) is 34.1. The van der Waals surface area contributed by atoms with Gasteiger partial charge in [-0.3, -0.25) is 9.59 Å². The minimum Gasteiger partial charge on any atom is -0.508 e. The molecule has 44 heavy (non-hydrogen) atoms. The molecule has 2 saturated heterocycles. The van der Waals surface area contributed by atoms with Gasteiger partial charge in [-0.25, -0.2) is 9.59 Å². The molecule has 4 rings (SSSR count). The van der Waals surface area contributed by atoms with E-state index in [4.69, 9.17) is 23.2 Å². The van der Waals surface area contributed by atoms with E-state index in [0.717, 1.165) is 25.7 Å². The number of phenols is 2. The Morgan fingerprint density at radius 1 is 0.659 bits per heavy atom. The average molecular weight is 686 g/mol. The van der Waals surface area contributed by atoms with E-state index in [2.05, 4.69) is 0 Å². The average Bonchev–Trinajstić information content (AvgIpc) is 3.62. The second-order valence-electron chi connectivity index (χ2n) is 10.7. The normalized spacial score (nSPS) is 21.5. The number of rotatable bonds is 13. The van der Waals surface area contributed by atoms with Gasteiger partial charge in [0, 0.05) is 45.5 Å². The molecule has 14 heteroatoms. The molecule has 0 aliphatic carbocycles. The van der Waals surface area contributed by atoms with Gasteiger partial charge in [-0.15, -0.1) is 23.5 Å². The summed E-state index contributed by atoms with van der Waals surface area (Å²) < 4.78 is 0. The number of thioether (sulfide) groups is 2. The topological polar surface area (TPSA) is 156 Å². The van der Waals surface area contributed by atoms with E-state index in [1.807, 2.05) is 0 Å². The molecule has 2 fully saturated rings. The number of unbranched alkanes of at least 4 members (excludes halogenated alkanes) is 5. The van der Waals surface area contributed by atoms with Crippen LogP contribution in [-0.4, -0.2) is 77.6 Å². The largest absolute Gasteiger partial charge is 0.508 e. The number of hydrogen-bond acceptors (Lipinski definition) is 8. The maximum absolute atomic E-state index is 13.1. The van der Waals surface area contributed by atoms with Crippen LogP contribution in [0.25, 0.3) is 0 Å². The van der Waals surface area contributed by atoms with Crippen molar-refractivity contribution in [1.82, 2.24) is 9.80 Å². The van der Waals surface area contributed by atoms with Crippen LogP contribution < -0.4 is 0 Å². The second kappa shape index (κ2) is 15.5. The Balaban J connectivity index is 1.23. The highest BCUT2D eigenvalue weighted by atomic mass is 35.5. The first-order chi connectivity index (χ1) is 21.0. The van der Waals surface area contributed by atoms with Crippen LogP contribution in [0.2, 0.25) is 10.0 Å². The van der Waals surface area contributed by atoms with Crippen LogP contribution in [-0.2, 0) is 19.2 Å². The van der Waals surface area contributed by atoms with E-state index in [1.165, 1.54) is 57.6 Å². The van der Waals surface area contributed by atoms with Gasteiger partial charge in [0.05, 0.1) is 0 Å². The molecule has 2 amide bonds. The summed E-state index contributed by atoms with van der Waals surface area (Å²) in [5, 5.41) is 39.5. The van der Waals surface area contributed by atoms with Crippen LogP contribution in [0, 0.1) is 0 Å². The van der Waals surface area contributed by atoms with Crippen LogP contribution in [0.15, 0.2) is 36.4 Å². The molecule has 2 heterocycles. The summed E-state index contributed by atoms with van der Waals surface area (Å²) in [5.41, 5.74) is 0.819. The van der Waals surface area contributed by atoms with Crippen LogP contribution in [0.4, 0.5) is 0 Å². The number of carbonyl (C=O) groups is 4. The molecule has 238 valence electrons. The van der Waals surface area contributed by atoms with Gasteiger partial charge < -0.3 is 30.2 Å². The van der Waals surface area contributed by atoms with Crippen molar-refractivity contribution in [3.05, 3.63) is 57.6 Å². The Morgan fingerprint density at radius 2 is 1.02 bits per heavy atom. The lowest BCUT2D eigenvalue weighted by atomic mass is 10.1. The Morgan fingerprint density at radius 3 is 1.39 bits per heavy atom. The van der Waals surface area contributed by atoms with E-state index in [1.54, 1.807) is 12.1 Å². The molecule has 10 nitrogen and oxygen atoms in total. The maximum Gasteiger partial charge on any atom is 0.327 e. The third-order valence-corrected chi connectivity index (χ3v) is 10.8. The molecule has 0 aromatic heterocycles. The standard InChI is InChI=1S/C30H34Cl2N2O8S2/c31-17-9-11-23(35)19(13-17)27-33(21(15-43-27)29(39)40)25(37)7-5-3-1-2-4-6-8-26(38)34-22(30(41)42)16-44-28(34)20-14-18(32)10-12-24(20)36/h9-14,21-22,27-28,35-36H,1-8,15-16H2,(H,39,40)(H,41,42)/t21-,22-,27?,28?/m0/s1. The number of nitrogens with zero attached hydrogens (tertiary/aromatic N) is 2. The van der Waals surface area contributed by atoms with Gasteiger partial charge in [0.1, 0.15) is 34.3 Å². The summed E-state index contributed by atoms with van der Waals surface area (Å²) in [4.78, 5) is 52.7. The number of benzene rings is 2. The second-order valence-corrected chi connectivity index (χ2v) is 13.8. The molecule has 2 aliphatic heterocycles. The maximum atomic E-state index is 13.1. The Labute approximate surface area is 273 Å². The molecule has 2 aliphatic rings. The van der Waals surface area contributed by atoms with E-state index >= 15 is 0 Å². The first-order valence-corrected chi connectivity index (χ1v) is 17.1. The highest BCUT2D eigenvalue weighted by molar-refractivity contribution is 8.00. The SMILES string of the molecule is O=C(O)[C@@H]1CSC(c2cc(Cl)ccc2O)N1C(=O)CCCCCCCCC(=O)N1C(c2cc(Cl)ccc2O)SC[C@H]1C(=O)O. The Bertz CT molecular complexity index is 1290. The number of hydrogen-bond donors (Lipinski definition) is 4. The van der Waals surface area contributed by atoms with E-state index in [9.17, 15) is 39.6 Å². The Kier molecular flexibility index (Phi) is 12.0. The quantitative estimate of drug-likeness (QED) is 0.177. The van der Waals surface area contributed by atoms with Crippen molar-refractivity contribution in [3.63, 3.8) is 0 Å². The highest BCUT2D eigenvalue weighted by Gasteiger charge is 2.44. The number of carboxylic acids is 2. The van der Waals surface area contributed by atoms with Crippen molar-refractivity contribution >= 4 is 70.5 Å². The lowest BCUT2D eigenvalue weighted by Gasteiger charge is -2.28. The summed E-state index contributed by atoms with van der Waals surface area (Å²) in [6.07, 6.45) is 4.58. The summed E-state index contributed by atoms with van der Waals surface area (Å²) >= 11 is 14.7. The van der Waals surface area contributed by atoms with Crippen LogP contribution in [0.3, 0.4) is 0 Å². The number of halogens is 2. The molecule has 0 spiro atoms. The van der Waals surface area contributed by atoms with Crippen molar-refractivity contribution in [1.29, 1.82) is 0 Å². The molecule has 4 atom stereocenters. The van der Waals surface area contributed by atoms with Gasteiger partial charge in [-0.05, 0) is 49.2 Å². The lowest BCUT2D eigenvalue weighted by molar-refractivity contribution is -0.149. The van der Waals surface area contributed by atoms with Gasteiger partial charge in [0.2, 0.25) is 11.8 Å². The number of carboxylic acid groups (broad SMARTS) is 2. The zero-order chi connectivity index (χ0) is 32.0. The minimum atomic E-state index is -1.10. The summed E-state index contributed by atoms with van der Waals surface area (Å²) in [7, 11) is 0. The molecule has 2 unspecified atom stereocenters. The molecular formula is C30H34Cl2N2O8S2. The van der Waals surface area contributed by atoms with Gasteiger partial charge in [-0.2, -0.15) is 0 Å². The van der Waals surface area contributed by atoms with Crippen molar-refractivity contribution in [2.24, 2.45) is 0 Å². The van der Waals surface area contributed by atoms with Crippen LogP contribution in [0.1, 0.15) is 73.2 Å². The minimum absolute atomic E-state index is 0.0469. The van der Waals surface area contributed by atoms with Crippen molar-refractivity contribution in [3.8, 4) is 11.5 Å². The summed E-state index contributed by atoms with van der Waals surface area (Å²) in [5.74, 6) is -2.46. The molecule has 0 bridgehead atoms. The first-order valence-electron chi connectivity index (χ1n) is 14.3. The fourth-order valence-electron chi connectivity index (χ4n) is 5.45. The number of carbonyl (C=O) groups excluding carboxylic acids is 2. The van der Waals surface area contributed by atoms with Gasteiger partial charge >= 0.3 is 11.9 Å². The number of aliphatic carboxylic acids is 2. The monoisotopic (exact) mass is 684 g/mol. The van der Waals surface area contributed by atoms with Crippen molar-refractivity contribution < 1.29 is 39.6 Å². The van der Waals surface area contributed by atoms with Crippen molar-refractivity contribution in [2.45, 2.75) is 74.2 Å². The Hall–Kier alpha value is -2.80. The fourth-order valence-corrected chi connectivity index (χ4v) is 8.73. The molecule has 4 N–H and O–H groups in total. The van der Waals surface area contributed by atoms with E-state index < -0.39 is 34.8 Å². The third kappa shape index (κ3) is 8.07. The van der Waals surface area contributed by atoms with Gasteiger partial charge in [0.25, 0.3) is 0 Å². The lowest BCUT2D eigenvalue weighted by Crippen LogP contribution is -2.42. The zero-order valence-electron chi connectivity index (χ0n) is 23.7. The number of aromatic hydroxyl groups is 2. The smallest absolute Gasteiger partial charge is 0.327 e. The van der Waals surface area contributed by atoms with Gasteiger partial charge in [-0.1, -0.05) is 48.9 Å². The van der Waals surface area contributed by atoms with E-state index in [0.29, 0.717) is 34.0 Å². The predicted octanol–water partition coefficient (Wildman–Crippen LogP) is 6.28. The fraction of sp³-hybridized carbons (Fsp3) is 0.467. The van der Waals surface area contributed by atoms with E-state index in [-0.39, 0.29) is 47.7 Å². The highest BCUT2D eigenvalue weighted by Crippen LogP contribution is 2.47. The number of phenolic OH excluding ortho intramolecular Hbond substituents is 2. The van der Waals surface area contributed by atoms with Crippen LogP contribution in [0.5, 0.6) is 11.5 Å². The summed E-state index contributed by atoms with van der Waals surface area (Å²) in [6.45, 7) is 0. The summed E-state index contributed by atoms with van der Waals surface area (Å²) in [6, 6.07) is 7.03. The predicted molar refractivity (Wildman–Crippen MR) is 170 cm³/mol. The molecule has 0 radical (unpaired) electrons.